The maximum absolute atomic E-state index is 13.5. The van der Waals surface area contributed by atoms with Crippen molar-refractivity contribution in [3.63, 3.8) is 0 Å². The van der Waals surface area contributed by atoms with Crippen LogP contribution in [0.5, 0.6) is 11.5 Å². The maximum Gasteiger partial charge on any atom is 0.261 e. The fourth-order valence-corrected chi connectivity index (χ4v) is 4.42. The van der Waals surface area contributed by atoms with Crippen LogP contribution in [0.15, 0.2) is 65.7 Å². The molecule has 0 N–H and O–H groups in total. The van der Waals surface area contributed by atoms with E-state index in [1.54, 1.807) is 33.6 Å². The van der Waals surface area contributed by atoms with E-state index in [9.17, 15) is 9.18 Å². The van der Waals surface area contributed by atoms with Gasteiger partial charge in [-0.2, -0.15) is 5.10 Å². The van der Waals surface area contributed by atoms with E-state index in [-0.39, 0.29) is 11.4 Å². The van der Waals surface area contributed by atoms with Crippen molar-refractivity contribution in [2.45, 2.75) is 19.9 Å². The second kappa shape index (κ2) is 7.98. The number of hydrogen-bond acceptors (Lipinski definition) is 5. The highest BCUT2D eigenvalue weighted by Gasteiger charge is 2.18. The Kier molecular flexibility index (Phi) is 4.79. The number of benzene rings is 2. The molecule has 1 aliphatic heterocycles. The predicted molar refractivity (Wildman–Crippen MR) is 126 cm³/mol. The van der Waals surface area contributed by atoms with Crippen LogP contribution in [0.25, 0.3) is 27.7 Å². The Morgan fingerprint density at radius 1 is 1.03 bits per heavy atom. The van der Waals surface area contributed by atoms with Crippen LogP contribution < -0.4 is 15.0 Å². The van der Waals surface area contributed by atoms with Gasteiger partial charge in [0.1, 0.15) is 19.0 Å². The number of hydrogen-bond donors (Lipinski definition) is 0. The molecular weight excluding hydrogens is 435 g/mol. The Bertz CT molecular complexity index is 1610. The molecule has 2 aromatic carbocycles. The van der Waals surface area contributed by atoms with Gasteiger partial charge in [-0.15, -0.1) is 0 Å². The lowest BCUT2D eigenvalue weighted by molar-refractivity contribution is 0.171. The average Bonchev–Trinajstić information content (AvgIpc) is 3.25. The monoisotopic (exact) mass is 456 g/mol. The van der Waals surface area contributed by atoms with E-state index in [4.69, 9.17) is 14.6 Å². The van der Waals surface area contributed by atoms with E-state index in [1.165, 1.54) is 12.1 Å². The highest BCUT2D eigenvalue weighted by molar-refractivity contribution is 5.86. The minimum atomic E-state index is -0.296. The standard InChI is InChI=1S/C26H21FN4O3/c1-2-20-24(17-4-6-18(27)7-5-17)25-28-14-19-21(31(25)29-20)9-10-30(26(19)32)15-16-3-8-22-23(13-16)34-12-11-33-22/h3-10,13-14H,2,11-12,15H2,1H3. The SMILES string of the molecule is CCc1nn2c(ncc3c(=O)n(Cc4ccc5c(c4)OCCO5)ccc32)c1-c1ccc(F)cc1. The smallest absolute Gasteiger partial charge is 0.261 e. The topological polar surface area (TPSA) is 70.7 Å². The number of ether oxygens (including phenoxy) is 2. The van der Waals surface area contributed by atoms with Gasteiger partial charge in [-0.3, -0.25) is 4.79 Å². The van der Waals surface area contributed by atoms with E-state index in [2.05, 4.69) is 4.98 Å². The van der Waals surface area contributed by atoms with Gasteiger partial charge in [0.05, 0.1) is 23.1 Å². The van der Waals surface area contributed by atoms with Crippen LogP contribution in [-0.4, -0.2) is 32.4 Å². The first-order valence-corrected chi connectivity index (χ1v) is 11.2. The molecule has 6 rings (SSSR count). The molecule has 34 heavy (non-hydrogen) atoms. The van der Waals surface area contributed by atoms with Crippen LogP contribution in [0.3, 0.4) is 0 Å². The van der Waals surface area contributed by atoms with Gasteiger partial charge >= 0.3 is 0 Å². The van der Waals surface area contributed by atoms with E-state index in [1.807, 2.05) is 31.2 Å². The van der Waals surface area contributed by atoms with Crippen molar-refractivity contribution in [1.82, 2.24) is 19.2 Å². The number of rotatable bonds is 4. The van der Waals surface area contributed by atoms with Crippen LogP contribution in [0.1, 0.15) is 18.2 Å². The molecule has 0 amide bonds. The lowest BCUT2D eigenvalue weighted by Crippen LogP contribution is -2.21. The second-order valence-electron chi connectivity index (χ2n) is 8.20. The Morgan fingerprint density at radius 2 is 1.82 bits per heavy atom. The van der Waals surface area contributed by atoms with Crippen molar-refractivity contribution in [3.8, 4) is 22.6 Å². The van der Waals surface area contributed by atoms with Gasteiger partial charge in [0.2, 0.25) is 0 Å². The summed E-state index contributed by atoms with van der Waals surface area (Å²) in [5.41, 5.74) is 4.63. The molecule has 1 aliphatic rings. The third-order valence-corrected chi connectivity index (χ3v) is 6.08. The van der Waals surface area contributed by atoms with Crippen molar-refractivity contribution >= 4 is 16.6 Å². The number of nitrogens with zero attached hydrogens (tertiary/aromatic N) is 4. The second-order valence-corrected chi connectivity index (χ2v) is 8.20. The van der Waals surface area contributed by atoms with Gasteiger partial charge in [-0.05, 0) is 47.9 Å². The maximum atomic E-state index is 13.5. The van der Waals surface area contributed by atoms with Gasteiger partial charge in [-0.1, -0.05) is 25.1 Å². The van der Waals surface area contributed by atoms with Crippen LogP contribution >= 0.6 is 0 Å². The van der Waals surface area contributed by atoms with Crippen LogP contribution in [0.2, 0.25) is 0 Å². The summed E-state index contributed by atoms with van der Waals surface area (Å²) in [6.07, 6.45) is 4.05. The van der Waals surface area contributed by atoms with E-state index >= 15 is 0 Å². The Morgan fingerprint density at radius 3 is 2.62 bits per heavy atom. The van der Waals surface area contributed by atoms with Gasteiger partial charge in [0.25, 0.3) is 5.56 Å². The molecule has 0 saturated heterocycles. The van der Waals surface area contributed by atoms with Crippen LogP contribution in [0, 0.1) is 5.82 Å². The molecule has 0 atom stereocenters. The predicted octanol–water partition coefficient (Wildman–Crippen LogP) is 4.23. The molecule has 0 radical (unpaired) electrons. The van der Waals surface area contributed by atoms with Gasteiger partial charge in [0.15, 0.2) is 17.1 Å². The summed E-state index contributed by atoms with van der Waals surface area (Å²) in [4.78, 5) is 17.9. The molecule has 0 unspecified atom stereocenters. The molecule has 0 spiro atoms. The summed E-state index contributed by atoms with van der Waals surface area (Å²) >= 11 is 0. The van der Waals surface area contributed by atoms with Gasteiger partial charge in [-0.25, -0.2) is 13.9 Å². The normalized spacial score (nSPS) is 13.0. The number of aromatic nitrogens is 4. The Hall–Kier alpha value is -4.20. The molecule has 170 valence electrons. The molecule has 0 bridgehead atoms. The van der Waals surface area contributed by atoms with Crippen molar-refractivity contribution < 1.29 is 13.9 Å². The van der Waals surface area contributed by atoms with Crippen molar-refractivity contribution in [1.29, 1.82) is 0 Å². The molecule has 0 aliphatic carbocycles. The molecule has 7 nitrogen and oxygen atoms in total. The van der Waals surface area contributed by atoms with Crippen LogP contribution in [0.4, 0.5) is 4.39 Å². The first-order chi connectivity index (χ1) is 16.6. The summed E-state index contributed by atoms with van der Waals surface area (Å²) in [6.45, 7) is 3.45. The number of aryl methyl sites for hydroxylation is 1. The summed E-state index contributed by atoms with van der Waals surface area (Å²) in [5.74, 6) is 1.11. The van der Waals surface area contributed by atoms with Gasteiger partial charge < -0.3 is 14.0 Å². The first-order valence-electron chi connectivity index (χ1n) is 11.2. The Balaban J connectivity index is 1.45. The third kappa shape index (κ3) is 3.30. The number of pyridine rings is 1. The number of fused-ring (bicyclic) bond motifs is 4. The summed E-state index contributed by atoms with van der Waals surface area (Å²) in [5, 5.41) is 5.22. The molecular formula is C26H21FN4O3. The summed E-state index contributed by atoms with van der Waals surface area (Å²) in [7, 11) is 0. The zero-order valence-electron chi connectivity index (χ0n) is 18.5. The molecule has 3 aromatic heterocycles. The van der Waals surface area contributed by atoms with Crippen molar-refractivity contribution in [2.75, 3.05) is 13.2 Å². The lowest BCUT2D eigenvalue weighted by Gasteiger charge is -2.19. The minimum absolute atomic E-state index is 0.154. The van der Waals surface area contributed by atoms with E-state index < -0.39 is 0 Å². The summed E-state index contributed by atoms with van der Waals surface area (Å²) in [6, 6.07) is 13.9. The first kappa shape index (κ1) is 20.4. The van der Waals surface area contributed by atoms with Crippen LogP contribution in [-0.2, 0) is 13.0 Å². The molecule has 0 saturated carbocycles. The average molecular weight is 456 g/mol. The van der Waals surface area contributed by atoms with Crippen molar-refractivity contribution in [3.05, 3.63) is 88.4 Å². The minimum Gasteiger partial charge on any atom is -0.486 e. The highest BCUT2D eigenvalue weighted by atomic mass is 19.1. The fraction of sp³-hybridized carbons (Fsp3) is 0.192. The fourth-order valence-electron chi connectivity index (χ4n) is 4.42. The van der Waals surface area contributed by atoms with Crippen molar-refractivity contribution in [2.24, 2.45) is 0 Å². The molecule has 4 heterocycles. The third-order valence-electron chi connectivity index (χ3n) is 6.08. The zero-order valence-corrected chi connectivity index (χ0v) is 18.5. The molecule has 0 fully saturated rings. The highest BCUT2D eigenvalue weighted by Crippen LogP contribution is 2.31. The lowest BCUT2D eigenvalue weighted by atomic mass is 10.0. The number of halogens is 1. The Labute approximate surface area is 194 Å². The zero-order chi connectivity index (χ0) is 23.2. The quantitative estimate of drug-likeness (QED) is 0.405. The van der Waals surface area contributed by atoms with E-state index in [0.717, 1.165) is 28.1 Å². The molecule has 5 aromatic rings. The van der Waals surface area contributed by atoms with E-state index in [0.29, 0.717) is 48.5 Å². The summed E-state index contributed by atoms with van der Waals surface area (Å²) < 4.78 is 28.1. The van der Waals surface area contributed by atoms with Gasteiger partial charge in [0, 0.05) is 18.0 Å². The largest absolute Gasteiger partial charge is 0.486 e. The molecule has 8 heteroatoms.